The molecule has 0 aromatic carbocycles. The van der Waals surface area contributed by atoms with Gasteiger partial charge in [-0.05, 0) is 12.3 Å². The van der Waals surface area contributed by atoms with Gasteiger partial charge >= 0.3 is 0 Å². The van der Waals surface area contributed by atoms with Crippen molar-refractivity contribution in [2.24, 2.45) is 5.92 Å². The van der Waals surface area contributed by atoms with Gasteiger partial charge in [-0.2, -0.15) is 0 Å². The molecule has 0 fully saturated rings. The average Bonchev–Trinajstić information content (AvgIpc) is 2.69. The third-order valence-corrected chi connectivity index (χ3v) is 6.26. The lowest BCUT2D eigenvalue weighted by Crippen LogP contribution is -2.09. The number of carbonyl (C=O) groups is 1. The molecule has 0 saturated heterocycles. The van der Waals surface area contributed by atoms with E-state index in [1.54, 1.807) is 0 Å². The van der Waals surface area contributed by atoms with E-state index >= 15 is 0 Å². The minimum absolute atomic E-state index is 0.553. The van der Waals surface area contributed by atoms with Crippen LogP contribution in [0.4, 0.5) is 0 Å². The molecule has 1 nitrogen and oxygen atoms in total. The predicted octanol–water partition coefficient (Wildman–Crippen LogP) is 9.81. The van der Waals surface area contributed by atoms with Crippen LogP contribution in [0.15, 0.2) is 0 Å². The van der Waals surface area contributed by atoms with Gasteiger partial charge in [0.1, 0.15) is 5.78 Å². The van der Waals surface area contributed by atoms with Crippen LogP contribution in [0.1, 0.15) is 162 Å². The van der Waals surface area contributed by atoms with Crippen LogP contribution in [0.2, 0.25) is 0 Å². The van der Waals surface area contributed by atoms with Crippen LogP contribution in [-0.4, -0.2) is 5.78 Å². The smallest absolute Gasteiger partial charge is 0.133 e. The summed E-state index contributed by atoms with van der Waals surface area (Å²) < 4.78 is 0. The van der Waals surface area contributed by atoms with Gasteiger partial charge in [0.05, 0.1) is 0 Å². The van der Waals surface area contributed by atoms with Crippen LogP contribution in [0.5, 0.6) is 0 Å². The molecule has 0 bridgehead atoms. The molecule has 168 valence electrons. The average molecular weight is 395 g/mol. The van der Waals surface area contributed by atoms with E-state index in [4.69, 9.17) is 0 Å². The molecule has 28 heavy (non-hydrogen) atoms. The maximum Gasteiger partial charge on any atom is 0.133 e. The fourth-order valence-electron chi connectivity index (χ4n) is 4.30. The monoisotopic (exact) mass is 394 g/mol. The lowest BCUT2D eigenvalue weighted by atomic mass is 9.89. The van der Waals surface area contributed by atoms with E-state index in [1.165, 1.54) is 122 Å². The molecule has 0 aliphatic heterocycles. The first-order chi connectivity index (χ1) is 13.7. The molecule has 0 aromatic heterocycles. The highest BCUT2D eigenvalue weighted by Gasteiger charge is 2.13. The molecule has 0 radical (unpaired) electrons. The Bertz CT molecular complexity index is 293. The van der Waals surface area contributed by atoms with Crippen molar-refractivity contribution in [1.29, 1.82) is 0 Å². The highest BCUT2D eigenvalue weighted by Crippen LogP contribution is 2.23. The molecule has 0 aliphatic rings. The minimum Gasteiger partial charge on any atom is -0.300 e. The van der Waals surface area contributed by atoms with E-state index < -0.39 is 0 Å². The zero-order chi connectivity index (χ0) is 20.7. The van der Waals surface area contributed by atoms with Crippen molar-refractivity contribution in [3.8, 4) is 0 Å². The molecule has 0 aromatic rings. The van der Waals surface area contributed by atoms with Gasteiger partial charge in [0.25, 0.3) is 0 Å². The van der Waals surface area contributed by atoms with Crippen molar-refractivity contribution < 1.29 is 4.79 Å². The van der Waals surface area contributed by atoms with Crippen molar-refractivity contribution in [3.05, 3.63) is 0 Å². The number of hydrogen-bond donors (Lipinski definition) is 0. The summed E-state index contributed by atoms with van der Waals surface area (Å²) in [6.07, 6.45) is 28.5. The van der Waals surface area contributed by atoms with Gasteiger partial charge in [-0.3, -0.25) is 4.79 Å². The predicted molar refractivity (Wildman–Crippen MR) is 127 cm³/mol. The van der Waals surface area contributed by atoms with E-state index in [0.29, 0.717) is 11.7 Å². The molecule has 0 aliphatic carbocycles. The Hall–Kier alpha value is -0.330. The fraction of sp³-hybridized carbons (Fsp3) is 0.963. The summed E-state index contributed by atoms with van der Waals surface area (Å²) in [5.74, 6) is 1.22. The Kier molecular flexibility index (Phi) is 22.7. The Morgan fingerprint density at radius 2 is 0.857 bits per heavy atom. The summed E-state index contributed by atoms with van der Waals surface area (Å²) in [6, 6.07) is 0. The number of rotatable bonds is 23. The molecule has 0 unspecified atom stereocenters. The number of unbranched alkanes of at least 4 members (excludes halogenated alkanes) is 15. The first-order valence-corrected chi connectivity index (χ1v) is 13.3. The zero-order valence-electron chi connectivity index (χ0n) is 20.0. The van der Waals surface area contributed by atoms with Crippen molar-refractivity contribution in [2.75, 3.05) is 0 Å². The van der Waals surface area contributed by atoms with E-state index in [9.17, 15) is 4.79 Å². The number of ketones is 1. The van der Waals surface area contributed by atoms with Gasteiger partial charge < -0.3 is 0 Å². The molecule has 1 heteroatoms. The maximum atomic E-state index is 12.5. The van der Waals surface area contributed by atoms with Crippen molar-refractivity contribution in [2.45, 2.75) is 162 Å². The fourth-order valence-corrected chi connectivity index (χ4v) is 4.30. The largest absolute Gasteiger partial charge is 0.300 e. The number of carbonyl (C=O) groups excluding carboxylic acids is 1. The first kappa shape index (κ1) is 27.7. The Morgan fingerprint density at radius 1 is 0.500 bits per heavy atom. The first-order valence-electron chi connectivity index (χ1n) is 13.3. The summed E-state index contributed by atoms with van der Waals surface area (Å²) in [4.78, 5) is 12.5. The van der Waals surface area contributed by atoms with Crippen LogP contribution in [-0.2, 0) is 4.79 Å². The van der Waals surface area contributed by atoms with Crippen LogP contribution in [0.25, 0.3) is 0 Å². The van der Waals surface area contributed by atoms with Gasteiger partial charge in [-0.25, -0.2) is 0 Å². The van der Waals surface area contributed by atoms with Crippen molar-refractivity contribution >= 4 is 5.78 Å². The topological polar surface area (TPSA) is 17.1 Å². The highest BCUT2D eigenvalue weighted by atomic mass is 16.1. The summed E-state index contributed by atoms with van der Waals surface area (Å²) in [5.41, 5.74) is 0. The normalized spacial score (nSPS) is 11.4. The van der Waals surface area contributed by atoms with Crippen molar-refractivity contribution in [1.82, 2.24) is 0 Å². The molecule has 0 rings (SSSR count). The second kappa shape index (κ2) is 23.0. The van der Waals surface area contributed by atoms with Gasteiger partial charge in [0.15, 0.2) is 0 Å². The molecule has 0 atom stereocenters. The minimum atomic E-state index is 0.553. The molecule has 0 spiro atoms. The molecule has 0 heterocycles. The Labute approximate surface area is 178 Å². The zero-order valence-corrected chi connectivity index (χ0v) is 20.0. The van der Waals surface area contributed by atoms with Gasteiger partial charge in [-0.15, -0.1) is 0 Å². The maximum absolute atomic E-state index is 12.5. The van der Waals surface area contributed by atoms with Crippen LogP contribution >= 0.6 is 0 Å². The summed E-state index contributed by atoms with van der Waals surface area (Å²) >= 11 is 0. The molecular weight excluding hydrogens is 340 g/mol. The number of hydrogen-bond acceptors (Lipinski definition) is 1. The standard InChI is InChI=1S/C27H54O/c1-4-7-10-13-16-19-22-26(23-20-17-14-11-8-5-2)25-27(28)24-21-18-15-12-9-6-3/h26H,4-25H2,1-3H3. The Morgan fingerprint density at radius 3 is 1.29 bits per heavy atom. The summed E-state index contributed by atoms with van der Waals surface area (Å²) in [5, 5.41) is 0. The lowest BCUT2D eigenvalue weighted by Gasteiger charge is -2.16. The molecular formula is C27H54O. The summed E-state index contributed by atoms with van der Waals surface area (Å²) in [6.45, 7) is 6.83. The van der Waals surface area contributed by atoms with Crippen LogP contribution < -0.4 is 0 Å². The highest BCUT2D eigenvalue weighted by molar-refractivity contribution is 5.78. The molecule has 0 saturated carbocycles. The van der Waals surface area contributed by atoms with Crippen LogP contribution in [0.3, 0.4) is 0 Å². The van der Waals surface area contributed by atoms with Gasteiger partial charge in [0, 0.05) is 12.8 Å². The second-order valence-corrected chi connectivity index (χ2v) is 9.24. The molecule has 0 N–H and O–H groups in total. The number of Topliss-reactive ketones (excluding diaryl/α,β-unsaturated/α-hetero) is 1. The SMILES string of the molecule is CCCCCCCCC(=O)CC(CCCCCCCC)CCCCCCCC. The second-order valence-electron chi connectivity index (χ2n) is 9.24. The third kappa shape index (κ3) is 20.4. The third-order valence-electron chi connectivity index (χ3n) is 6.26. The van der Waals surface area contributed by atoms with E-state index in [2.05, 4.69) is 20.8 Å². The van der Waals surface area contributed by atoms with E-state index in [0.717, 1.165) is 19.3 Å². The van der Waals surface area contributed by atoms with Gasteiger partial charge in [-0.1, -0.05) is 143 Å². The van der Waals surface area contributed by atoms with Crippen LogP contribution in [0, 0.1) is 5.92 Å². The quantitative estimate of drug-likeness (QED) is 0.158. The summed E-state index contributed by atoms with van der Waals surface area (Å²) in [7, 11) is 0. The van der Waals surface area contributed by atoms with Crippen molar-refractivity contribution in [3.63, 3.8) is 0 Å². The van der Waals surface area contributed by atoms with Gasteiger partial charge in [0.2, 0.25) is 0 Å². The molecule has 0 amide bonds. The lowest BCUT2D eigenvalue weighted by molar-refractivity contribution is -0.120. The van der Waals surface area contributed by atoms with E-state index in [-0.39, 0.29) is 0 Å². The van der Waals surface area contributed by atoms with E-state index in [1.807, 2.05) is 0 Å². The Balaban J connectivity index is 3.99.